The van der Waals surface area contributed by atoms with Gasteiger partial charge in [0.15, 0.2) is 11.6 Å². The van der Waals surface area contributed by atoms with Crippen LogP contribution in [0.2, 0.25) is 0 Å². The number of non-ortho nitro benzene ring substituents is 2. The van der Waals surface area contributed by atoms with Gasteiger partial charge in [0.1, 0.15) is 0 Å². The number of nitrogens with zero attached hydrogens (tertiary/aromatic N) is 4. The van der Waals surface area contributed by atoms with Crippen molar-refractivity contribution in [2.75, 3.05) is 16.3 Å². The van der Waals surface area contributed by atoms with Gasteiger partial charge in [-0.2, -0.15) is 0 Å². The molecule has 1 aliphatic carbocycles. The van der Waals surface area contributed by atoms with Crippen LogP contribution in [0, 0.1) is 32.1 Å². The van der Waals surface area contributed by atoms with E-state index < -0.39 is 49.9 Å². The van der Waals surface area contributed by atoms with Crippen LogP contribution in [0.1, 0.15) is 70.1 Å². The van der Waals surface area contributed by atoms with Crippen LogP contribution in [0.4, 0.5) is 22.7 Å². The van der Waals surface area contributed by atoms with E-state index in [2.05, 4.69) is 24.8 Å². The summed E-state index contributed by atoms with van der Waals surface area (Å²) in [7, 11) is 0. The molecule has 0 unspecified atom stereocenters. The van der Waals surface area contributed by atoms with E-state index in [0.717, 1.165) is 47.1 Å². The third-order valence-electron chi connectivity index (χ3n) is 10.5. The Balaban J connectivity index is 1.31. The number of rotatable bonds is 12. The summed E-state index contributed by atoms with van der Waals surface area (Å²) in [4.78, 5) is 64.8. The van der Waals surface area contributed by atoms with Gasteiger partial charge in [0.25, 0.3) is 11.4 Å². The molecule has 1 N–H and O–H groups in total. The van der Waals surface area contributed by atoms with Crippen LogP contribution in [0.5, 0.6) is 0 Å². The number of carboxylic acid groups (broad SMARTS) is 1. The molecule has 0 spiro atoms. The molecule has 0 bridgehead atoms. The minimum Gasteiger partial charge on any atom is -0.481 e. The average Bonchev–Trinajstić information content (AvgIpc) is 3.43. The minimum absolute atomic E-state index is 0.0469. The van der Waals surface area contributed by atoms with E-state index in [9.17, 15) is 34.6 Å². The fourth-order valence-corrected chi connectivity index (χ4v) is 7.77. The zero-order valence-corrected chi connectivity index (χ0v) is 29.0. The van der Waals surface area contributed by atoms with E-state index >= 15 is 0 Å². The number of carbonyl (C=O) groups is 3. The molecular weight excluding hydrogens is 652 g/mol. The maximum atomic E-state index is 13.9. The monoisotopic (exact) mass is 692 g/mol. The van der Waals surface area contributed by atoms with E-state index in [1.807, 2.05) is 61.2 Å². The van der Waals surface area contributed by atoms with Crippen LogP contribution >= 0.6 is 0 Å². The van der Waals surface area contributed by atoms with Crippen LogP contribution in [-0.4, -0.2) is 39.0 Å². The predicted octanol–water partition coefficient (Wildman–Crippen LogP) is 7.40. The number of nitro groups is 2. The normalized spacial score (nSPS) is 21.5. The lowest BCUT2D eigenvalue weighted by molar-refractivity contribution is -0.394. The summed E-state index contributed by atoms with van der Waals surface area (Å²) in [6, 6.07) is 19.1. The second kappa shape index (κ2) is 13.2. The van der Waals surface area contributed by atoms with Gasteiger partial charge in [-0.3, -0.25) is 34.6 Å². The van der Waals surface area contributed by atoms with Gasteiger partial charge in [-0.05, 0) is 53.8 Å². The molecule has 1 fully saturated rings. The lowest BCUT2D eigenvalue weighted by Gasteiger charge is -2.35. The number of fused-ring (bicyclic) bond motifs is 2. The van der Waals surface area contributed by atoms with E-state index in [0.29, 0.717) is 24.2 Å². The first-order chi connectivity index (χ1) is 24.1. The summed E-state index contributed by atoms with van der Waals surface area (Å²) in [6.45, 7) is 8.77. The van der Waals surface area contributed by atoms with Crippen LogP contribution in [0.25, 0.3) is 0 Å². The third-order valence-corrected chi connectivity index (χ3v) is 10.5. The van der Waals surface area contributed by atoms with Crippen molar-refractivity contribution in [3.05, 3.63) is 127 Å². The maximum Gasteiger partial charge on any atom is 0.303 e. The summed E-state index contributed by atoms with van der Waals surface area (Å²) >= 11 is 0. The van der Waals surface area contributed by atoms with Crippen molar-refractivity contribution in [2.24, 2.45) is 11.8 Å². The van der Waals surface area contributed by atoms with Gasteiger partial charge in [-0.1, -0.05) is 70.5 Å². The lowest BCUT2D eigenvalue weighted by atomic mass is 9.69. The second-order valence-corrected chi connectivity index (χ2v) is 14.5. The van der Waals surface area contributed by atoms with Crippen molar-refractivity contribution in [1.82, 2.24) is 0 Å². The highest BCUT2D eigenvalue weighted by Gasteiger charge is 2.51. The first-order valence-electron chi connectivity index (χ1n) is 17.0. The Kier molecular flexibility index (Phi) is 9.13. The molecule has 1 saturated carbocycles. The zero-order valence-electron chi connectivity index (χ0n) is 29.0. The Labute approximate surface area is 295 Å². The molecule has 2 heterocycles. The third kappa shape index (κ3) is 6.30. The molecule has 0 atom stereocenters. The van der Waals surface area contributed by atoms with Gasteiger partial charge in [0.05, 0.1) is 27.7 Å². The van der Waals surface area contributed by atoms with Crippen molar-refractivity contribution >= 4 is 40.3 Å². The second-order valence-electron chi connectivity index (χ2n) is 14.5. The van der Waals surface area contributed by atoms with E-state index in [1.165, 1.54) is 12.1 Å². The lowest BCUT2D eigenvalue weighted by Crippen LogP contribution is -2.48. The van der Waals surface area contributed by atoms with Gasteiger partial charge < -0.3 is 14.9 Å². The molecule has 0 aromatic heterocycles. The number of benzene rings is 3. The van der Waals surface area contributed by atoms with Gasteiger partial charge in [0.2, 0.25) is 0 Å². The van der Waals surface area contributed by atoms with Crippen molar-refractivity contribution in [2.45, 2.75) is 70.8 Å². The summed E-state index contributed by atoms with van der Waals surface area (Å²) in [6.07, 6.45) is 5.64. The maximum absolute atomic E-state index is 13.9. The van der Waals surface area contributed by atoms with E-state index in [4.69, 9.17) is 5.11 Å². The van der Waals surface area contributed by atoms with Gasteiger partial charge in [-0.15, -0.1) is 0 Å². The van der Waals surface area contributed by atoms with Crippen molar-refractivity contribution in [3.63, 3.8) is 0 Å². The Hall–Kier alpha value is -5.65. The highest BCUT2D eigenvalue weighted by atomic mass is 16.6. The van der Waals surface area contributed by atoms with Crippen molar-refractivity contribution in [3.8, 4) is 0 Å². The number of Topliss-reactive ketones (excluding diaryl/α,β-unsaturated/α-hetero) is 2. The molecular formula is C39H40N4O8. The summed E-state index contributed by atoms with van der Waals surface area (Å²) in [5.41, 5.74) is 3.74. The van der Waals surface area contributed by atoms with Crippen LogP contribution < -0.4 is 9.80 Å². The Morgan fingerprint density at radius 2 is 1.22 bits per heavy atom. The number of nitro benzene ring substituents is 2. The molecule has 12 nitrogen and oxygen atoms in total. The van der Waals surface area contributed by atoms with E-state index in [-0.39, 0.29) is 24.5 Å². The Morgan fingerprint density at radius 3 is 1.71 bits per heavy atom. The molecule has 3 aromatic carbocycles. The summed E-state index contributed by atoms with van der Waals surface area (Å²) < 4.78 is 0. The quantitative estimate of drug-likeness (QED) is 0.0875. The van der Waals surface area contributed by atoms with Crippen LogP contribution in [0.3, 0.4) is 0 Å². The topological polar surface area (TPSA) is 164 Å². The number of allylic oxidation sites excluding steroid dienone is 4. The standard InChI is InChI=1S/C39H40N4O8/c1-38(2)29-12-7-9-14-31(29)40(17-11-5-6-16-35(44)45)33(38)21-27-36(46)28(37(27)47)22-34-39(3,4)30-13-8-10-15-32(30)41(34)23-24-18-25(42(48)49)20-26(19-24)43(50)51/h7-10,12-15,18-22,27-28H,5-6,11,16-17,23H2,1-4H3,(H,44,45)/b33-21+,34-22+. The highest BCUT2D eigenvalue weighted by Crippen LogP contribution is 2.51. The highest BCUT2D eigenvalue weighted by molar-refractivity contribution is 6.26. The first kappa shape index (κ1) is 35.2. The summed E-state index contributed by atoms with van der Waals surface area (Å²) in [5.74, 6) is -3.23. The summed E-state index contributed by atoms with van der Waals surface area (Å²) in [5, 5.41) is 32.3. The number of hydrogen-bond donors (Lipinski definition) is 1. The molecule has 3 aromatic rings. The molecule has 0 radical (unpaired) electrons. The number of hydrogen-bond acceptors (Lipinski definition) is 9. The van der Waals surface area contributed by atoms with Crippen LogP contribution in [0.15, 0.2) is 90.3 Å². The van der Waals surface area contributed by atoms with Crippen molar-refractivity contribution < 1.29 is 29.3 Å². The number of carboxylic acids is 1. The molecule has 264 valence electrons. The smallest absolute Gasteiger partial charge is 0.303 e. The molecule has 0 saturated heterocycles. The van der Waals surface area contributed by atoms with Gasteiger partial charge >= 0.3 is 5.97 Å². The predicted molar refractivity (Wildman–Crippen MR) is 191 cm³/mol. The number of carbonyl (C=O) groups excluding carboxylic acids is 2. The largest absolute Gasteiger partial charge is 0.481 e. The average molecular weight is 693 g/mol. The molecule has 2 aliphatic heterocycles. The number of anilines is 2. The zero-order chi connectivity index (χ0) is 36.8. The fraction of sp³-hybridized carbons (Fsp3) is 0.359. The Morgan fingerprint density at radius 1 is 0.745 bits per heavy atom. The SMILES string of the molecule is CC1(C)/C(=C\C2C(=O)C(/C=C3/N(Cc4cc([N+](=O)[O-])cc([N+](=O)[O-])c4)c4ccccc4C3(C)C)C2=O)N(CCCCCC(=O)O)c2ccccc21. The van der Waals surface area contributed by atoms with E-state index in [1.54, 1.807) is 12.2 Å². The fourth-order valence-electron chi connectivity index (χ4n) is 7.77. The molecule has 3 aliphatic rings. The Bertz CT molecular complexity index is 1980. The first-order valence-corrected chi connectivity index (χ1v) is 17.0. The number of aliphatic carboxylic acids is 1. The molecule has 51 heavy (non-hydrogen) atoms. The number of unbranched alkanes of at least 4 members (excludes halogenated alkanes) is 2. The van der Waals surface area contributed by atoms with Gasteiger partial charge in [0, 0.05) is 65.2 Å². The van der Waals surface area contributed by atoms with Crippen molar-refractivity contribution in [1.29, 1.82) is 0 Å². The van der Waals surface area contributed by atoms with Gasteiger partial charge in [-0.25, -0.2) is 0 Å². The molecule has 0 amide bonds. The minimum atomic E-state index is -1.01. The van der Waals surface area contributed by atoms with Crippen LogP contribution in [-0.2, 0) is 31.8 Å². The molecule has 6 rings (SSSR count). The molecule has 12 heteroatoms. The number of para-hydroxylation sites is 2. The number of ketones is 2.